The van der Waals surface area contributed by atoms with Crippen LogP contribution in [-0.2, 0) is 4.79 Å². The Kier molecular flexibility index (Phi) is 5.64. The summed E-state index contributed by atoms with van der Waals surface area (Å²) in [5, 5.41) is 11.8. The lowest BCUT2D eigenvalue weighted by Gasteiger charge is -2.32. The molecule has 0 spiro atoms. The minimum absolute atomic E-state index is 0.113. The van der Waals surface area contributed by atoms with Gasteiger partial charge in [-0.25, -0.2) is 0 Å². The van der Waals surface area contributed by atoms with E-state index in [1.165, 1.54) is 0 Å². The molecule has 1 aromatic carbocycles. The first-order chi connectivity index (χ1) is 12.2. The molecule has 2 aromatic rings. The molecular formula is C20H26N4O. The SMILES string of the molecule is CCC(C)NC(=O)C1CCN(c2ccc(-c3ccccc3)nn2)CC1. The topological polar surface area (TPSA) is 58.1 Å². The standard InChI is InChI=1S/C20H26N4O/c1-3-15(2)21-20(25)17-11-13-24(14-12-17)19-10-9-18(22-23-19)16-7-5-4-6-8-16/h4-10,15,17H,3,11-14H2,1-2H3,(H,21,25). The summed E-state index contributed by atoms with van der Waals surface area (Å²) in [6.45, 7) is 5.83. The number of aromatic nitrogens is 2. The highest BCUT2D eigenvalue weighted by Gasteiger charge is 2.26. The monoisotopic (exact) mass is 338 g/mol. The molecule has 5 heteroatoms. The fourth-order valence-corrected chi connectivity index (χ4v) is 3.09. The Morgan fingerprint density at radius 1 is 1.16 bits per heavy atom. The summed E-state index contributed by atoms with van der Waals surface area (Å²) < 4.78 is 0. The van der Waals surface area contributed by atoms with Crippen molar-refractivity contribution in [2.45, 2.75) is 39.2 Å². The molecule has 0 radical (unpaired) electrons. The van der Waals surface area contributed by atoms with Gasteiger partial charge in [-0.1, -0.05) is 37.3 Å². The van der Waals surface area contributed by atoms with E-state index in [0.29, 0.717) is 0 Å². The number of hydrogen-bond acceptors (Lipinski definition) is 4. The minimum atomic E-state index is 0.113. The van der Waals surface area contributed by atoms with Crippen molar-refractivity contribution in [3.8, 4) is 11.3 Å². The molecule has 1 aliphatic heterocycles. The molecule has 25 heavy (non-hydrogen) atoms. The quantitative estimate of drug-likeness (QED) is 0.909. The average Bonchev–Trinajstić information content (AvgIpc) is 2.69. The van der Waals surface area contributed by atoms with Crippen LogP contribution in [0.5, 0.6) is 0 Å². The fourth-order valence-electron chi connectivity index (χ4n) is 3.09. The van der Waals surface area contributed by atoms with Crippen molar-refractivity contribution in [2.24, 2.45) is 5.92 Å². The Balaban J connectivity index is 1.57. The largest absolute Gasteiger partial charge is 0.355 e. The summed E-state index contributed by atoms with van der Waals surface area (Å²) in [7, 11) is 0. The van der Waals surface area contributed by atoms with Crippen LogP contribution in [0.3, 0.4) is 0 Å². The van der Waals surface area contributed by atoms with Crippen LogP contribution < -0.4 is 10.2 Å². The molecule has 0 bridgehead atoms. The molecule has 1 aliphatic rings. The first-order valence-electron chi connectivity index (χ1n) is 9.12. The maximum Gasteiger partial charge on any atom is 0.223 e. The number of anilines is 1. The Hall–Kier alpha value is -2.43. The van der Waals surface area contributed by atoms with Crippen molar-refractivity contribution in [1.82, 2.24) is 15.5 Å². The van der Waals surface area contributed by atoms with Crippen molar-refractivity contribution in [1.29, 1.82) is 0 Å². The zero-order valence-electron chi connectivity index (χ0n) is 15.0. The molecular weight excluding hydrogens is 312 g/mol. The Morgan fingerprint density at radius 3 is 2.48 bits per heavy atom. The summed E-state index contributed by atoms with van der Waals surface area (Å²) in [6.07, 6.45) is 2.70. The van der Waals surface area contributed by atoms with Gasteiger partial charge in [0.25, 0.3) is 0 Å². The van der Waals surface area contributed by atoms with Crippen molar-refractivity contribution < 1.29 is 4.79 Å². The van der Waals surface area contributed by atoms with E-state index in [9.17, 15) is 4.79 Å². The number of rotatable bonds is 5. The zero-order valence-corrected chi connectivity index (χ0v) is 15.0. The number of nitrogens with zero attached hydrogens (tertiary/aromatic N) is 3. The molecule has 1 aromatic heterocycles. The third-order valence-electron chi connectivity index (χ3n) is 4.91. The van der Waals surface area contributed by atoms with Crippen LogP contribution in [0.4, 0.5) is 5.82 Å². The van der Waals surface area contributed by atoms with Gasteiger partial charge in [0.05, 0.1) is 5.69 Å². The minimum Gasteiger partial charge on any atom is -0.355 e. The van der Waals surface area contributed by atoms with Gasteiger partial charge in [-0.3, -0.25) is 4.79 Å². The first kappa shape index (κ1) is 17.4. The van der Waals surface area contributed by atoms with Gasteiger partial charge in [-0.15, -0.1) is 10.2 Å². The third-order valence-corrected chi connectivity index (χ3v) is 4.91. The highest BCUT2D eigenvalue weighted by molar-refractivity contribution is 5.79. The molecule has 1 unspecified atom stereocenters. The summed E-state index contributed by atoms with van der Waals surface area (Å²) in [5.41, 5.74) is 1.95. The number of benzene rings is 1. The number of carbonyl (C=O) groups excluding carboxylic acids is 1. The second-order valence-corrected chi connectivity index (χ2v) is 6.72. The van der Waals surface area contributed by atoms with Crippen molar-refractivity contribution in [3.63, 3.8) is 0 Å². The van der Waals surface area contributed by atoms with Crippen LogP contribution in [0.1, 0.15) is 33.1 Å². The zero-order chi connectivity index (χ0) is 17.6. The average molecular weight is 338 g/mol. The van der Waals surface area contributed by atoms with Crippen molar-refractivity contribution >= 4 is 11.7 Å². The van der Waals surface area contributed by atoms with Crippen molar-refractivity contribution in [2.75, 3.05) is 18.0 Å². The summed E-state index contributed by atoms with van der Waals surface area (Å²) >= 11 is 0. The van der Waals surface area contributed by atoms with Crippen LogP contribution in [0.2, 0.25) is 0 Å². The van der Waals surface area contributed by atoms with Crippen LogP contribution in [0, 0.1) is 5.92 Å². The fraction of sp³-hybridized carbons (Fsp3) is 0.450. The van der Waals surface area contributed by atoms with E-state index in [1.807, 2.05) is 42.5 Å². The lowest BCUT2D eigenvalue weighted by Crippen LogP contribution is -2.43. The van der Waals surface area contributed by atoms with Gasteiger partial charge in [0.1, 0.15) is 0 Å². The van der Waals surface area contributed by atoms with E-state index in [0.717, 1.165) is 49.4 Å². The molecule has 132 valence electrons. The second kappa shape index (κ2) is 8.10. The van der Waals surface area contributed by atoms with Gasteiger partial charge in [0.15, 0.2) is 5.82 Å². The maximum absolute atomic E-state index is 12.3. The van der Waals surface area contributed by atoms with E-state index in [1.54, 1.807) is 0 Å². The number of nitrogens with one attached hydrogen (secondary N) is 1. The van der Waals surface area contributed by atoms with E-state index < -0.39 is 0 Å². The molecule has 1 amide bonds. The van der Waals surface area contributed by atoms with Gasteiger partial charge in [-0.05, 0) is 38.3 Å². The molecule has 0 aliphatic carbocycles. The van der Waals surface area contributed by atoms with Crippen LogP contribution >= 0.6 is 0 Å². The summed E-state index contributed by atoms with van der Waals surface area (Å²) in [4.78, 5) is 14.5. The Bertz CT molecular complexity index is 679. The number of piperidine rings is 1. The van der Waals surface area contributed by atoms with Crippen LogP contribution in [-0.4, -0.2) is 35.2 Å². The van der Waals surface area contributed by atoms with Crippen LogP contribution in [0.15, 0.2) is 42.5 Å². The maximum atomic E-state index is 12.3. The highest BCUT2D eigenvalue weighted by Crippen LogP contribution is 2.23. The number of carbonyl (C=O) groups is 1. The van der Waals surface area contributed by atoms with Crippen molar-refractivity contribution in [3.05, 3.63) is 42.5 Å². The third kappa shape index (κ3) is 4.35. The van der Waals surface area contributed by atoms with Gasteiger partial charge in [0, 0.05) is 30.6 Å². The lowest BCUT2D eigenvalue weighted by molar-refractivity contribution is -0.126. The van der Waals surface area contributed by atoms with E-state index in [2.05, 4.69) is 34.3 Å². The van der Waals surface area contributed by atoms with E-state index in [4.69, 9.17) is 0 Å². The molecule has 3 rings (SSSR count). The Labute approximate surface area is 149 Å². The molecule has 1 N–H and O–H groups in total. The predicted octanol–water partition coefficient (Wildman–Crippen LogP) is 3.27. The highest BCUT2D eigenvalue weighted by atomic mass is 16.1. The molecule has 1 atom stereocenters. The van der Waals surface area contributed by atoms with E-state index in [-0.39, 0.29) is 17.9 Å². The van der Waals surface area contributed by atoms with E-state index >= 15 is 0 Å². The molecule has 0 saturated carbocycles. The summed E-state index contributed by atoms with van der Waals surface area (Å²) in [5.74, 6) is 1.20. The smallest absolute Gasteiger partial charge is 0.223 e. The van der Waals surface area contributed by atoms with Gasteiger partial charge in [-0.2, -0.15) is 0 Å². The molecule has 5 nitrogen and oxygen atoms in total. The molecule has 2 heterocycles. The van der Waals surface area contributed by atoms with Gasteiger partial charge < -0.3 is 10.2 Å². The second-order valence-electron chi connectivity index (χ2n) is 6.72. The lowest BCUT2D eigenvalue weighted by atomic mass is 9.95. The van der Waals surface area contributed by atoms with Gasteiger partial charge in [0.2, 0.25) is 5.91 Å². The molecule has 1 fully saturated rings. The van der Waals surface area contributed by atoms with Gasteiger partial charge >= 0.3 is 0 Å². The normalized spacial score (nSPS) is 16.5. The predicted molar refractivity (Wildman–Crippen MR) is 100 cm³/mol. The molecule has 1 saturated heterocycles. The number of hydrogen-bond donors (Lipinski definition) is 1. The summed E-state index contributed by atoms with van der Waals surface area (Å²) in [6, 6.07) is 14.3. The number of amides is 1. The first-order valence-corrected chi connectivity index (χ1v) is 9.12. The Morgan fingerprint density at radius 2 is 1.88 bits per heavy atom. The van der Waals surface area contributed by atoms with Crippen LogP contribution in [0.25, 0.3) is 11.3 Å².